The van der Waals surface area contributed by atoms with E-state index in [0.717, 1.165) is 40.6 Å². The molecule has 1 aromatic carbocycles. The molecule has 3 heterocycles. The molecule has 0 spiro atoms. The Bertz CT molecular complexity index is 940. The number of rotatable bonds is 5. The van der Waals surface area contributed by atoms with Crippen LogP contribution in [0.3, 0.4) is 0 Å². The van der Waals surface area contributed by atoms with Crippen molar-refractivity contribution in [2.24, 2.45) is 7.05 Å². The first-order valence-electron chi connectivity index (χ1n) is 8.77. The van der Waals surface area contributed by atoms with Crippen molar-refractivity contribution in [1.29, 1.82) is 0 Å². The number of aryl methyl sites for hydroxylation is 1. The van der Waals surface area contributed by atoms with E-state index < -0.39 is 0 Å². The van der Waals surface area contributed by atoms with Crippen molar-refractivity contribution in [3.05, 3.63) is 41.0 Å². The van der Waals surface area contributed by atoms with Gasteiger partial charge in [-0.05, 0) is 31.0 Å². The molecule has 26 heavy (non-hydrogen) atoms. The molecular formula is C19H22N4O2S. The first-order chi connectivity index (χ1) is 12.7. The van der Waals surface area contributed by atoms with Gasteiger partial charge in [0.1, 0.15) is 11.4 Å². The summed E-state index contributed by atoms with van der Waals surface area (Å²) in [6, 6.07) is 7.71. The van der Waals surface area contributed by atoms with Crippen LogP contribution in [-0.2, 0) is 13.6 Å². The van der Waals surface area contributed by atoms with Gasteiger partial charge in [-0.15, -0.1) is 11.3 Å². The van der Waals surface area contributed by atoms with Crippen LogP contribution in [0.1, 0.15) is 29.0 Å². The van der Waals surface area contributed by atoms with E-state index in [0.29, 0.717) is 12.2 Å². The molecule has 136 valence electrons. The number of thiazole rings is 1. The molecule has 0 aliphatic carbocycles. The van der Waals surface area contributed by atoms with Crippen LogP contribution in [0.15, 0.2) is 29.6 Å². The first-order valence-corrected chi connectivity index (χ1v) is 9.64. The van der Waals surface area contributed by atoms with Crippen LogP contribution in [0.4, 0.5) is 5.13 Å². The quantitative estimate of drug-likeness (QED) is 0.749. The zero-order valence-corrected chi connectivity index (χ0v) is 15.8. The number of fused-ring (bicyclic) bond motifs is 1. The van der Waals surface area contributed by atoms with E-state index in [1.807, 2.05) is 41.3 Å². The molecule has 0 unspecified atom stereocenters. The van der Waals surface area contributed by atoms with E-state index >= 15 is 0 Å². The van der Waals surface area contributed by atoms with Gasteiger partial charge in [-0.1, -0.05) is 0 Å². The molecule has 0 radical (unpaired) electrons. The topological polar surface area (TPSA) is 59.4 Å². The fourth-order valence-electron chi connectivity index (χ4n) is 3.35. The summed E-state index contributed by atoms with van der Waals surface area (Å²) in [5.74, 6) is 0.681. The van der Waals surface area contributed by atoms with E-state index in [1.165, 1.54) is 12.8 Å². The summed E-state index contributed by atoms with van der Waals surface area (Å²) in [5, 5.41) is 7.09. The minimum absolute atomic E-state index is 0.0987. The maximum Gasteiger partial charge on any atom is 0.268 e. The number of amides is 1. The molecule has 0 atom stereocenters. The Labute approximate surface area is 156 Å². The number of benzene rings is 1. The summed E-state index contributed by atoms with van der Waals surface area (Å²) in [7, 11) is 3.53. The molecule has 4 rings (SSSR count). The SMILES string of the molecule is COc1ccc2cc(C(=O)NCc3csc(N4CCCC4)n3)n(C)c2c1. The van der Waals surface area contributed by atoms with Gasteiger partial charge in [0.25, 0.3) is 5.91 Å². The first kappa shape index (κ1) is 16.9. The van der Waals surface area contributed by atoms with Gasteiger partial charge in [0.2, 0.25) is 0 Å². The lowest BCUT2D eigenvalue weighted by molar-refractivity contribution is 0.0942. The number of hydrogen-bond acceptors (Lipinski definition) is 5. The zero-order valence-electron chi connectivity index (χ0n) is 15.0. The summed E-state index contributed by atoms with van der Waals surface area (Å²) >= 11 is 1.65. The fourth-order valence-corrected chi connectivity index (χ4v) is 4.23. The highest BCUT2D eigenvalue weighted by Gasteiger charge is 2.17. The third kappa shape index (κ3) is 3.14. The second-order valence-corrected chi connectivity index (χ2v) is 7.35. The number of carbonyl (C=O) groups is 1. The summed E-state index contributed by atoms with van der Waals surface area (Å²) in [4.78, 5) is 19.6. The summed E-state index contributed by atoms with van der Waals surface area (Å²) in [5.41, 5.74) is 2.51. The molecule has 0 bridgehead atoms. The largest absolute Gasteiger partial charge is 0.497 e. The summed E-state index contributed by atoms with van der Waals surface area (Å²) < 4.78 is 7.16. The highest BCUT2D eigenvalue weighted by Crippen LogP contribution is 2.25. The molecule has 1 amide bonds. The zero-order chi connectivity index (χ0) is 18.1. The molecule has 1 N–H and O–H groups in total. The number of carbonyl (C=O) groups excluding carboxylic acids is 1. The number of ether oxygens (including phenoxy) is 1. The predicted molar refractivity (Wildman–Crippen MR) is 104 cm³/mol. The highest BCUT2D eigenvalue weighted by molar-refractivity contribution is 7.13. The molecule has 0 saturated carbocycles. The maximum absolute atomic E-state index is 12.6. The van der Waals surface area contributed by atoms with Crippen molar-refractivity contribution in [2.45, 2.75) is 19.4 Å². The molecule has 3 aromatic rings. The smallest absolute Gasteiger partial charge is 0.268 e. The molecule has 1 saturated heterocycles. The van der Waals surface area contributed by atoms with Crippen molar-refractivity contribution in [3.8, 4) is 5.75 Å². The Hall–Kier alpha value is -2.54. The Kier molecular flexibility index (Phi) is 4.55. The van der Waals surface area contributed by atoms with E-state index in [2.05, 4.69) is 15.2 Å². The average molecular weight is 370 g/mol. The predicted octanol–water partition coefficient (Wildman–Crippen LogP) is 3.17. The molecule has 6 nitrogen and oxygen atoms in total. The summed E-state index contributed by atoms with van der Waals surface area (Å²) in [6.07, 6.45) is 2.47. The molecular weight excluding hydrogens is 348 g/mol. The van der Waals surface area contributed by atoms with Crippen LogP contribution in [0.2, 0.25) is 0 Å². The lowest BCUT2D eigenvalue weighted by atomic mass is 10.2. The van der Waals surface area contributed by atoms with E-state index in [-0.39, 0.29) is 5.91 Å². The van der Waals surface area contributed by atoms with Gasteiger partial charge in [-0.2, -0.15) is 0 Å². The monoisotopic (exact) mass is 370 g/mol. The molecule has 1 aliphatic heterocycles. The molecule has 1 fully saturated rings. The number of methoxy groups -OCH3 is 1. The Morgan fingerprint density at radius 3 is 2.88 bits per heavy atom. The van der Waals surface area contributed by atoms with Gasteiger partial charge in [0, 0.05) is 37.0 Å². The standard InChI is InChI=1S/C19H22N4O2S/c1-22-16-10-15(25-2)6-5-13(16)9-17(22)18(24)20-11-14-12-26-19(21-14)23-7-3-4-8-23/h5-6,9-10,12H,3-4,7-8,11H2,1-2H3,(H,20,24). The van der Waals surface area contributed by atoms with Gasteiger partial charge in [0.05, 0.1) is 24.9 Å². The molecule has 1 aliphatic rings. The van der Waals surface area contributed by atoms with Crippen LogP contribution in [0, 0.1) is 0 Å². The third-order valence-corrected chi connectivity index (χ3v) is 5.78. The number of nitrogens with zero attached hydrogens (tertiary/aromatic N) is 3. The van der Waals surface area contributed by atoms with Crippen molar-refractivity contribution in [2.75, 3.05) is 25.1 Å². The van der Waals surface area contributed by atoms with Crippen molar-refractivity contribution < 1.29 is 9.53 Å². The van der Waals surface area contributed by atoms with Crippen LogP contribution in [0.5, 0.6) is 5.75 Å². The number of anilines is 1. The van der Waals surface area contributed by atoms with Crippen LogP contribution < -0.4 is 15.0 Å². The van der Waals surface area contributed by atoms with Crippen LogP contribution in [-0.4, -0.2) is 35.7 Å². The average Bonchev–Trinajstić information content (AvgIpc) is 3.39. The van der Waals surface area contributed by atoms with Crippen LogP contribution in [0.25, 0.3) is 10.9 Å². The highest BCUT2D eigenvalue weighted by atomic mass is 32.1. The van der Waals surface area contributed by atoms with Crippen molar-refractivity contribution in [3.63, 3.8) is 0 Å². The van der Waals surface area contributed by atoms with E-state index in [9.17, 15) is 4.79 Å². The lowest BCUT2D eigenvalue weighted by Crippen LogP contribution is -2.25. The molecule has 2 aromatic heterocycles. The maximum atomic E-state index is 12.6. The minimum atomic E-state index is -0.0987. The second-order valence-electron chi connectivity index (χ2n) is 6.51. The van der Waals surface area contributed by atoms with Gasteiger partial charge in [0.15, 0.2) is 5.13 Å². The van der Waals surface area contributed by atoms with Gasteiger partial charge in [-0.25, -0.2) is 4.98 Å². The number of nitrogens with one attached hydrogen (secondary N) is 1. The lowest BCUT2D eigenvalue weighted by Gasteiger charge is -2.12. The normalized spacial score (nSPS) is 14.2. The van der Waals surface area contributed by atoms with E-state index in [4.69, 9.17) is 4.74 Å². The fraction of sp³-hybridized carbons (Fsp3) is 0.368. The Balaban J connectivity index is 1.46. The van der Waals surface area contributed by atoms with Crippen LogP contribution >= 0.6 is 11.3 Å². The van der Waals surface area contributed by atoms with E-state index in [1.54, 1.807) is 18.4 Å². The Morgan fingerprint density at radius 1 is 1.31 bits per heavy atom. The number of hydrogen-bond donors (Lipinski definition) is 1. The van der Waals surface area contributed by atoms with Gasteiger partial charge in [-0.3, -0.25) is 4.79 Å². The van der Waals surface area contributed by atoms with Gasteiger partial charge >= 0.3 is 0 Å². The van der Waals surface area contributed by atoms with Crippen molar-refractivity contribution in [1.82, 2.24) is 14.9 Å². The van der Waals surface area contributed by atoms with Crippen molar-refractivity contribution >= 4 is 33.3 Å². The number of aromatic nitrogens is 2. The summed E-state index contributed by atoms with van der Waals surface area (Å²) in [6.45, 7) is 2.60. The van der Waals surface area contributed by atoms with Gasteiger partial charge < -0.3 is 19.5 Å². The Morgan fingerprint density at radius 2 is 2.12 bits per heavy atom. The third-order valence-electron chi connectivity index (χ3n) is 4.83. The minimum Gasteiger partial charge on any atom is -0.497 e. The molecule has 7 heteroatoms. The second kappa shape index (κ2) is 6.99.